The van der Waals surface area contributed by atoms with Gasteiger partial charge in [-0.1, -0.05) is 25.2 Å². The highest BCUT2D eigenvalue weighted by atomic mass is 32.1. The van der Waals surface area contributed by atoms with Gasteiger partial charge in [0.2, 0.25) is 5.13 Å². The summed E-state index contributed by atoms with van der Waals surface area (Å²) in [6.45, 7) is 3.97. The van der Waals surface area contributed by atoms with Gasteiger partial charge in [-0.15, -0.1) is 10.2 Å². The molecule has 1 heterocycles. The van der Waals surface area contributed by atoms with E-state index in [2.05, 4.69) is 20.8 Å². The van der Waals surface area contributed by atoms with Gasteiger partial charge in [0, 0.05) is 23.7 Å². The molecule has 0 spiro atoms. The van der Waals surface area contributed by atoms with Crippen molar-refractivity contribution in [2.24, 2.45) is 0 Å². The number of nitro groups is 1. The number of aromatic nitrogens is 2. The van der Waals surface area contributed by atoms with Crippen LogP contribution < -0.4 is 10.6 Å². The first kappa shape index (κ1) is 14.9. The van der Waals surface area contributed by atoms with Crippen LogP contribution in [0.1, 0.15) is 24.8 Å². The van der Waals surface area contributed by atoms with Gasteiger partial charge in [-0.25, -0.2) is 4.79 Å². The molecule has 110 valence electrons. The Balaban J connectivity index is 1.96. The third-order valence-electron chi connectivity index (χ3n) is 2.49. The molecule has 2 amide bonds. The van der Waals surface area contributed by atoms with E-state index in [0.717, 1.165) is 5.01 Å². The van der Waals surface area contributed by atoms with Gasteiger partial charge in [0.05, 0.1) is 4.92 Å². The smallest absolute Gasteiger partial charge is 0.308 e. The highest BCUT2D eigenvalue weighted by molar-refractivity contribution is 7.15. The van der Waals surface area contributed by atoms with Crippen molar-refractivity contribution in [1.29, 1.82) is 0 Å². The fourth-order valence-electron chi connectivity index (χ4n) is 1.44. The molecule has 2 N–H and O–H groups in total. The number of rotatable bonds is 4. The molecule has 0 unspecified atom stereocenters. The van der Waals surface area contributed by atoms with E-state index in [1.165, 1.54) is 35.6 Å². The molecule has 21 heavy (non-hydrogen) atoms. The topological polar surface area (TPSA) is 110 Å². The molecule has 0 aliphatic heterocycles. The van der Waals surface area contributed by atoms with E-state index in [1.54, 1.807) is 0 Å². The minimum absolute atomic E-state index is 0.0355. The highest BCUT2D eigenvalue weighted by Crippen LogP contribution is 2.22. The molecule has 0 fully saturated rings. The average molecular weight is 307 g/mol. The molecule has 2 aromatic rings. The number of non-ortho nitro benzene ring substituents is 1. The first-order valence-electron chi connectivity index (χ1n) is 6.11. The number of carbonyl (C=O) groups excluding carboxylic acids is 1. The monoisotopic (exact) mass is 307 g/mol. The first-order chi connectivity index (χ1) is 9.95. The minimum Gasteiger partial charge on any atom is -0.308 e. The van der Waals surface area contributed by atoms with E-state index in [9.17, 15) is 14.9 Å². The lowest BCUT2D eigenvalue weighted by atomic mass is 10.2. The summed E-state index contributed by atoms with van der Waals surface area (Å²) in [7, 11) is 0. The van der Waals surface area contributed by atoms with Crippen molar-refractivity contribution in [3.8, 4) is 0 Å². The highest BCUT2D eigenvalue weighted by Gasteiger charge is 2.11. The summed E-state index contributed by atoms with van der Waals surface area (Å²) in [5.41, 5.74) is 0.415. The SMILES string of the molecule is CC(C)c1nnc(NC(=O)Nc2ccc([N+](=O)[O-])cc2)s1. The van der Waals surface area contributed by atoms with E-state index in [0.29, 0.717) is 10.8 Å². The molecule has 0 saturated heterocycles. The lowest BCUT2D eigenvalue weighted by Gasteiger charge is -2.04. The summed E-state index contributed by atoms with van der Waals surface area (Å²) < 4.78 is 0. The number of amides is 2. The number of anilines is 2. The van der Waals surface area contributed by atoms with Crippen LogP contribution in [0.5, 0.6) is 0 Å². The molecule has 0 aliphatic carbocycles. The molecule has 0 atom stereocenters. The molecule has 8 nitrogen and oxygen atoms in total. The third kappa shape index (κ3) is 3.96. The van der Waals surface area contributed by atoms with Crippen LogP contribution >= 0.6 is 11.3 Å². The van der Waals surface area contributed by atoms with Crippen molar-refractivity contribution < 1.29 is 9.72 Å². The van der Waals surface area contributed by atoms with Crippen molar-refractivity contribution in [3.63, 3.8) is 0 Å². The Morgan fingerprint density at radius 1 is 1.24 bits per heavy atom. The molecule has 1 aromatic heterocycles. The minimum atomic E-state index is -0.501. The van der Waals surface area contributed by atoms with Crippen molar-refractivity contribution >= 4 is 33.9 Å². The molecule has 0 aliphatic rings. The summed E-state index contributed by atoms with van der Waals surface area (Å²) in [6, 6.07) is 5.07. The second-order valence-corrected chi connectivity index (χ2v) is 5.49. The van der Waals surface area contributed by atoms with Crippen LogP contribution in [-0.4, -0.2) is 21.2 Å². The van der Waals surface area contributed by atoms with Gasteiger partial charge in [-0.2, -0.15) is 0 Å². The van der Waals surface area contributed by atoms with Crippen LogP contribution in [0.25, 0.3) is 0 Å². The van der Waals surface area contributed by atoms with Crippen molar-refractivity contribution in [2.45, 2.75) is 19.8 Å². The van der Waals surface area contributed by atoms with Gasteiger partial charge in [0.15, 0.2) is 0 Å². The zero-order valence-electron chi connectivity index (χ0n) is 11.4. The first-order valence-corrected chi connectivity index (χ1v) is 6.93. The Kier molecular flexibility index (Phi) is 4.43. The number of hydrogen-bond donors (Lipinski definition) is 2. The largest absolute Gasteiger partial charge is 0.325 e. The Hall–Kier alpha value is -2.55. The van der Waals surface area contributed by atoms with Crippen LogP contribution in [0, 0.1) is 10.1 Å². The summed E-state index contributed by atoms with van der Waals surface area (Å²) in [6.07, 6.45) is 0. The summed E-state index contributed by atoms with van der Waals surface area (Å²) in [5, 5.41) is 24.7. The van der Waals surface area contributed by atoms with Gasteiger partial charge in [0.1, 0.15) is 5.01 Å². The predicted octanol–water partition coefficient (Wildman–Crippen LogP) is 3.21. The standard InChI is InChI=1S/C12H13N5O3S/c1-7(2)10-15-16-12(21-10)14-11(18)13-8-3-5-9(6-4-8)17(19)20/h3-7H,1-2H3,(H2,13,14,16,18). The molecule has 0 saturated carbocycles. The van der Waals surface area contributed by atoms with Crippen LogP contribution in [0.15, 0.2) is 24.3 Å². The summed E-state index contributed by atoms with van der Waals surface area (Å²) in [4.78, 5) is 21.8. The number of nitrogens with zero attached hydrogens (tertiary/aromatic N) is 3. The number of nitro benzene ring substituents is 1. The van der Waals surface area contributed by atoms with E-state index in [-0.39, 0.29) is 11.6 Å². The lowest BCUT2D eigenvalue weighted by Crippen LogP contribution is -2.19. The van der Waals surface area contributed by atoms with Crippen LogP contribution in [-0.2, 0) is 0 Å². The molecule has 2 rings (SSSR count). The number of benzene rings is 1. The van der Waals surface area contributed by atoms with Crippen molar-refractivity contribution in [2.75, 3.05) is 10.6 Å². The Bertz CT molecular complexity index is 653. The van der Waals surface area contributed by atoms with Crippen molar-refractivity contribution in [1.82, 2.24) is 10.2 Å². The van der Waals surface area contributed by atoms with Gasteiger partial charge in [-0.3, -0.25) is 15.4 Å². The number of nitrogens with one attached hydrogen (secondary N) is 2. The molecular formula is C12H13N5O3S. The summed E-state index contributed by atoms with van der Waals surface area (Å²) >= 11 is 1.30. The normalized spacial score (nSPS) is 10.4. The molecule has 0 bridgehead atoms. The summed E-state index contributed by atoms with van der Waals surface area (Å²) in [5.74, 6) is 0.246. The molecule has 9 heteroatoms. The Morgan fingerprint density at radius 2 is 1.90 bits per heavy atom. The Morgan fingerprint density at radius 3 is 2.43 bits per heavy atom. The predicted molar refractivity (Wildman–Crippen MR) is 79.7 cm³/mol. The maximum atomic E-state index is 11.8. The second-order valence-electron chi connectivity index (χ2n) is 4.48. The fourth-order valence-corrected chi connectivity index (χ4v) is 2.19. The van der Waals surface area contributed by atoms with Crippen LogP contribution in [0.2, 0.25) is 0 Å². The number of hydrogen-bond acceptors (Lipinski definition) is 6. The lowest BCUT2D eigenvalue weighted by molar-refractivity contribution is -0.384. The number of urea groups is 1. The maximum Gasteiger partial charge on any atom is 0.325 e. The number of carbonyl (C=O) groups is 1. The second kappa shape index (κ2) is 6.27. The fraction of sp³-hybridized carbons (Fsp3) is 0.250. The van der Waals surface area contributed by atoms with Gasteiger partial charge in [0.25, 0.3) is 5.69 Å². The van der Waals surface area contributed by atoms with Crippen LogP contribution in [0.4, 0.5) is 21.3 Å². The zero-order chi connectivity index (χ0) is 15.4. The van der Waals surface area contributed by atoms with Crippen LogP contribution in [0.3, 0.4) is 0 Å². The average Bonchev–Trinajstić information content (AvgIpc) is 2.87. The van der Waals surface area contributed by atoms with E-state index < -0.39 is 11.0 Å². The molecule has 1 aromatic carbocycles. The zero-order valence-corrected chi connectivity index (χ0v) is 12.2. The van der Waals surface area contributed by atoms with Gasteiger partial charge in [-0.05, 0) is 12.1 Å². The molecule has 0 radical (unpaired) electrons. The van der Waals surface area contributed by atoms with Gasteiger partial charge < -0.3 is 5.32 Å². The maximum absolute atomic E-state index is 11.8. The Labute approximate surface area is 124 Å². The molecular weight excluding hydrogens is 294 g/mol. The van der Waals surface area contributed by atoms with Crippen molar-refractivity contribution in [3.05, 3.63) is 39.4 Å². The quantitative estimate of drug-likeness (QED) is 0.665. The third-order valence-corrected chi connectivity index (χ3v) is 3.63. The van der Waals surface area contributed by atoms with E-state index in [1.807, 2.05) is 13.8 Å². The van der Waals surface area contributed by atoms with Gasteiger partial charge >= 0.3 is 6.03 Å². The van der Waals surface area contributed by atoms with E-state index >= 15 is 0 Å². The van der Waals surface area contributed by atoms with E-state index in [4.69, 9.17) is 0 Å².